The van der Waals surface area contributed by atoms with Crippen LogP contribution in [0.3, 0.4) is 0 Å². The molecule has 0 fully saturated rings. The van der Waals surface area contributed by atoms with Crippen LogP contribution in [0, 0.1) is 48.5 Å². The molecule has 0 N–H and O–H groups in total. The first-order valence-electron chi connectivity index (χ1n) is 51.8. The summed E-state index contributed by atoms with van der Waals surface area (Å²) < 4.78 is 0. The van der Waals surface area contributed by atoms with Crippen molar-refractivity contribution in [3.63, 3.8) is 0 Å². The van der Waals surface area contributed by atoms with Crippen molar-refractivity contribution in [3.05, 3.63) is 483 Å². The van der Waals surface area contributed by atoms with Gasteiger partial charge in [0.15, 0.2) is 0 Å². The molecule has 0 radical (unpaired) electrons. The highest BCUT2D eigenvalue weighted by Gasteiger charge is 2.43. The summed E-state index contributed by atoms with van der Waals surface area (Å²) >= 11 is 0. The molecule has 23 aromatic carbocycles. The lowest BCUT2D eigenvalue weighted by molar-refractivity contribution is 0.660. The summed E-state index contributed by atoms with van der Waals surface area (Å²) in [5, 5.41) is 24.3. The van der Waals surface area contributed by atoms with E-state index >= 15 is 0 Å². The SMILES string of the molecule is C=C1/C(=C\C=C/C)C(C)(C)c2ccc(N(c3c(C)ccc4ccc(C)cc34)c3ccc4ccc5c(N(c6ccc7c(c6)-c6cc(Cc8ccc9ccc(C)c(N(c%10ccc%11c(c%10)C(C)(C)c%10ccccc%10-%11)c%10ccc%11ccc%12c(N(c%13ccc%14c(c%13)C(C)(C)c%13ccccc%13-%14)c%13c(C)ccc%14ccc(C)cc%13%14)ccc%13ccc%10c%11c%13%12)c9c8)ccc6C7(C)C)c6c(C)ccc7ccc(C)cc67)ccc6ccc3c4c65)cc21. The molecule has 145 heavy (non-hydrogen) atoms. The van der Waals surface area contributed by atoms with Crippen molar-refractivity contribution in [1.29, 1.82) is 0 Å². The lowest BCUT2D eigenvalue weighted by Gasteiger charge is -2.33. The minimum atomic E-state index is -0.288. The van der Waals surface area contributed by atoms with Gasteiger partial charge in [-0.15, -0.1) is 0 Å². The minimum Gasteiger partial charge on any atom is -0.309 e. The van der Waals surface area contributed by atoms with Gasteiger partial charge in [0.25, 0.3) is 0 Å². The Hall–Kier alpha value is -16.4. The van der Waals surface area contributed by atoms with E-state index in [1.54, 1.807) is 0 Å². The van der Waals surface area contributed by atoms with Crippen molar-refractivity contribution < 1.29 is 0 Å². The molecule has 698 valence electrons. The molecule has 4 aliphatic rings. The first-order chi connectivity index (χ1) is 70.2. The minimum absolute atomic E-state index is 0.206. The fourth-order valence-corrected chi connectivity index (χ4v) is 26.8. The van der Waals surface area contributed by atoms with E-state index < -0.39 is 0 Å². The predicted octanol–water partition coefficient (Wildman–Crippen LogP) is 39.4. The summed E-state index contributed by atoms with van der Waals surface area (Å²) in [6.07, 6.45) is 7.26. The van der Waals surface area contributed by atoms with Crippen LogP contribution in [-0.4, -0.2) is 0 Å². The Balaban J connectivity index is 0.604. The second-order valence-electron chi connectivity index (χ2n) is 44.3. The van der Waals surface area contributed by atoms with Crippen molar-refractivity contribution in [2.24, 2.45) is 0 Å². The highest BCUT2D eigenvalue weighted by molar-refractivity contribution is 6.31. The summed E-state index contributed by atoms with van der Waals surface area (Å²) in [5.41, 5.74) is 44.5. The quantitative estimate of drug-likeness (QED) is 0.0949. The molecule has 23 aromatic rings. The van der Waals surface area contributed by atoms with E-state index in [9.17, 15) is 0 Å². The Kier molecular flexibility index (Phi) is 19.2. The third-order valence-electron chi connectivity index (χ3n) is 34.2. The molecule has 0 spiro atoms. The van der Waals surface area contributed by atoms with Crippen LogP contribution in [-0.2, 0) is 28.1 Å². The van der Waals surface area contributed by atoms with Crippen LogP contribution >= 0.6 is 0 Å². The molecule has 0 heterocycles. The van der Waals surface area contributed by atoms with Gasteiger partial charge in [-0.3, -0.25) is 0 Å². The summed E-state index contributed by atoms with van der Waals surface area (Å²) in [5.74, 6) is 0. The van der Waals surface area contributed by atoms with E-state index in [1.807, 2.05) is 0 Å². The summed E-state index contributed by atoms with van der Waals surface area (Å²) in [6.45, 7) is 42.1. The Morgan fingerprint density at radius 2 is 0.524 bits per heavy atom. The maximum absolute atomic E-state index is 4.85. The normalized spacial score (nSPS) is 14.7. The smallest absolute Gasteiger partial charge is 0.0569 e. The zero-order valence-corrected chi connectivity index (χ0v) is 85.5. The lowest BCUT2D eigenvalue weighted by atomic mass is 9.82. The van der Waals surface area contributed by atoms with Gasteiger partial charge in [-0.1, -0.05) is 358 Å². The van der Waals surface area contributed by atoms with Crippen molar-refractivity contribution in [1.82, 2.24) is 0 Å². The van der Waals surface area contributed by atoms with Gasteiger partial charge >= 0.3 is 0 Å². The van der Waals surface area contributed by atoms with Crippen molar-refractivity contribution in [2.75, 3.05) is 19.6 Å². The number of anilines is 12. The number of benzene rings is 23. The Morgan fingerprint density at radius 1 is 0.234 bits per heavy atom. The van der Waals surface area contributed by atoms with Gasteiger partial charge in [-0.05, 0) is 346 Å². The average Bonchev–Trinajstić information content (AvgIpc) is 1.66. The third kappa shape index (κ3) is 12.9. The van der Waals surface area contributed by atoms with Crippen LogP contribution in [0.15, 0.2) is 388 Å². The maximum atomic E-state index is 4.85. The molecular formula is C141H114N4. The largest absolute Gasteiger partial charge is 0.309 e. The molecule has 0 atom stereocenters. The molecular weight excluding hydrogens is 1750 g/mol. The number of nitrogens with zero attached hydrogens (tertiary/aromatic N) is 4. The van der Waals surface area contributed by atoms with E-state index in [0.29, 0.717) is 0 Å². The Labute approximate surface area is 850 Å². The standard InChI is InChI=1S/C141H114N4/c1-18-19-26-118-88(9)111-77-99(56-65-121(111)138(118,10)11)142(134-84(5)32-41-91-38-29-81(2)71-112(91)134)126-67-50-95-47-59-108-127(68-51-96-46-58-107(126)130(95)131(96)108)143(135-85(6)33-42-92-39-30-82(3)72-113(92)135)100-57-66-123-117(78-100)116-76-90(37-64-122(116)139(123,12)13)74-89-36-45-94-44-35-87(8)137(115(94)75-89)145(102-55-63-106-104-25-21-23-28-120(104)141(16,17)125(106)80-102)129-70-53-98-48-60-109-128(69-52-97-49-61-110(129)133(98)132(97)109)144(136-86(7)34-43-93-40-31-83(4)73-114(93)136)101-54-62-105-103-24-20-22-27-119(103)140(14,15)124(105)79-101/h18-73,75-80H,9,74H2,1-8,10-17H3/b19-18-,118-26+. The lowest BCUT2D eigenvalue weighted by Crippen LogP contribution is -2.17. The molecule has 0 unspecified atom stereocenters. The second kappa shape index (κ2) is 31.8. The third-order valence-corrected chi connectivity index (χ3v) is 34.2. The molecule has 4 heteroatoms. The molecule has 0 saturated heterocycles. The average molecular weight is 1860 g/mol. The molecule has 0 saturated carbocycles. The first-order valence-corrected chi connectivity index (χ1v) is 51.8. The highest BCUT2D eigenvalue weighted by Crippen LogP contribution is 2.61. The van der Waals surface area contributed by atoms with Crippen LogP contribution < -0.4 is 19.6 Å². The fraction of sp³-hybridized carbons (Fsp3) is 0.149. The highest BCUT2D eigenvalue weighted by atomic mass is 15.2. The van der Waals surface area contributed by atoms with Crippen LogP contribution in [0.4, 0.5) is 68.2 Å². The van der Waals surface area contributed by atoms with E-state index in [-0.39, 0.29) is 21.7 Å². The first kappa shape index (κ1) is 87.6. The molecule has 0 aliphatic heterocycles. The van der Waals surface area contributed by atoms with Gasteiger partial charge in [0.1, 0.15) is 0 Å². The molecule has 27 rings (SSSR count). The molecule has 4 aliphatic carbocycles. The van der Waals surface area contributed by atoms with Gasteiger partial charge < -0.3 is 19.6 Å². The topological polar surface area (TPSA) is 13.0 Å². The molecule has 0 bridgehead atoms. The zero-order valence-electron chi connectivity index (χ0n) is 85.5. The Morgan fingerprint density at radius 3 is 0.924 bits per heavy atom. The Bertz CT molecular complexity index is 9680. The van der Waals surface area contributed by atoms with Crippen molar-refractivity contribution >= 4 is 182 Å². The predicted molar refractivity (Wildman–Crippen MR) is 623 cm³/mol. The van der Waals surface area contributed by atoms with E-state index in [1.165, 1.54) is 264 Å². The van der Waals surface area contributed by atoms with E-state index in [0.717, 1.165) is 57.5 Å². The van der Waals surface area contributed by atoms with Gasteiger partial charge in [0, 0.05) is 87.5 Å². The van der Waals surface area contributed by atoms with E-state index in [4.69, 9.17) is 6.58 Å². The monoisotopic (exact) mass is 1860 g/mol. The van der Waals surface area contributed by atoms with Crippen LogP contribution in [0.25, 0.3) is 147 Å². The number of fused-ring (bicyclic) bond motifs is 14. The molecule has 4 nitrogen and oxygen atoms in total. The molecule has 0 aromatic heterocycles. The van der Waals surface area contributed by atoms with Gasteiger partial charge in [-0.2, -0.15) is 0 Å². The maximum Gasteiger partial charge on any atom is 0.0569 e. The van der Waals surface area contributed by atoms with Crippen LogP contribution in [0.1, 0.15) is 157 Å². The zero-order chi connectivity index (χ0) is 98.8. The van der Waals surface area contributed by atoms with E-state index in [2.05, 4.69) is 507 Å². The number of aryl methyl sites for hydroxylation is 7. The van der Waals surface area contributed by atoms with Crippen molar-refractivity contribution in [3.8, 4) is 33.4 Å². The summed E-state index contributed by atoms with van der Waals surface area (Å²) in [6, 6.07) is 140. The van der Waals surface area contributed by atoms with Crippen molar-refractivity contribution in [2.45, 2.75) is 139 Å². The second-order valence-corrected chi connectivity index (χ2v) is 44.3. The number of hydrogen-bond acceptors (Lipinski definition) is 4. The molecule has 0 amide bonds. The number of hydrogen-bond donors (Lipinski definition) is 0. The van der Waals surface area contributed by atoms with Gasteiger partial charge in [0.2, 0.25) is 0 Å². The number of rotatable bonds is 15. The summed E-state index contributed by atoms with van der Waals surface area (Å²) in [7, 11) is 0. The van der Waals surface area contributed by atoms with Gasteiger partial charge in [-0.25, -0.2) is 0 Å². The fourth-order valence-electron chi connectivity index (χ4n) is 26.8. The summed E-state index contributed by atoms with van der Waals surface area (Å²) in [4.78, 5) is 10.5. The van der Waals surface area contributed by atoms with Gasteiger partial charge in [0.05, 0.1) is 45.5 Å². The van der Waals surface area contributed by atoms with Crippen LogP contribution in [0.5, 0.6) is 0 Å². The number of allylic oxidation sites excluding steroid dienone is 5. The van der Waals surface area contributed by atoms with Crippen LogP contribution in [0.2, 0.25) is 0 Å².